The van der Waals surface area contributed by atoms with Gasteiger partial charge < -0.3 is 14.9 Å². The Morgan fingerprint density at radius 1 is 1.30 bits per heavy atom. The number of carbonyl (C=O) groups is 1. The average molecular weight is 299 g/mol. The van der Waals surface area contributed by atoms with Crippen molar-refractivity contribution in [1.29, 1.82) is 0 Å². The second-order valence-electron chi connectivity index (χ2n) is 5.46. The molecule has 0 spiro atoms. The highest BCUT2D eigenvalue weighted by Crippen LogP contribution is 2.32. The smallest absolute Gasteiger partial charge is 0.306 e. The van der Waals surface area contributed by atoms with E-state index in [0.717, 1.165) is 5.56 Å². The predicted molar refractivity (Wildman–Crippen MR) is 75.7 cm³/mol. The fourth-order valence-electron chi connectivity index (χ4n) is 2.49. The molecular formula is C15H19ClO4. The molecule has 0 aliphatic heterocycles. The lowest BCUT2D eigenvalue weighted by Gasteiger charge is -2.34. The zero-order valence-electron chi connectivity index (χ0n) is 11.2. The topological polar surface area (TPSA) is 66.8 Å². The first-order chi connectivity index (χ1) is 9.48. The zero-order valence-corrected chi connectivity index (χ0v) is 12.0. The van der Waals surface area contributed by atoms with Gasteiger partial charge in [-0.1, -0.05) is 23.7 Å². The molecule has 20 heavy (non-hydrogen) atoms. The van der Waals surface area contributed by atoms with E-state index in [2.05, 4.69) is 0 Å². The van der Waals surface area contributed by atoms with Crippen LogP contribution in [0, 0.1) is 5.92 Å². The summed E-state index contributed by atoms with van der Waals surface area (Å²) in [6.07, 6.45) is 1.97. The van der Waals surface area contributed by atoms with Gasteiger partial charge in [-0.15, -0.1) is 0 Å². The minimum Gasteiger partial charge on any atom is -0.481 e. The van der Waals surface area contributed by atoms with Crippen LogP contribution in [0.3, 0.4) is 0 Å². The van der Waals surface area contributed by atoms with Crippen LogP contribution in [0.25, 0.3) is 0 Å². The van der Waals surface area contributed by atoms with Crippen molar-refractivity contribution in [3.8, 4) is 0 Å². The van der Waals surface area contributed by atoms with Crippen LogP contribution in [0.5, 0.6) is 0 Å². The van der Waals surface area contributed by atoms with E-state index in [-0.39, 0.29) is 12.5 Å². The van der Waals surface area contributed by atoms with E-state index in [4.69, 9.17) is 21.4 Å². The van der Waals surface area contributed by atoms with Gasteiger partial charge in [0.1, 0.15) is 0 Å². The molecule has 1 aliphatic rings. The second-order valence-corrected chi connectivity index (χ2v) is 5.89. The van der Waals surface area contributed by atoms with E-state index in [0.29, 0.717) is 37.3 Å². The van der Waals surface area contributed by atoms with Gasteiger partial charge >= 0.3 is 5.97 Å². The van der Waals surface area contributed by atoms with Gasteiger partial charge in [0.05, 0.1) is 24.7 Å². The van der Waals surface area contributed by atoms with Crippen LogP contribution in [0.15, 0.2) is 24.3 Å². The highest BCUT2D eigenvalue weighted by Gasteiger charge is 2.35. The number of carboxylic acids is 1. The number of benzene rings is 1. The Bertz CT molecular complexity index is 449. The van der Waals surface area contributed by atoms with Gasteiger partial charge in [-0.3, -0.25) is 4.79 Å². The molecule has 0 heterocycles. The lowest BCUT2D eigenvalue weighted by Crippen LogP contribution is -2.40. The fraction of sp³-hybridized carbons (Fsp3) is 0.533. The number of aliphatic hydroxyl groups is 1. The SMILES string of the molecule is O=C(O)C1CCC(O)(COCc2ccc(Cl)cc2)CC1. The number of carboxylic acid groups (broad SMARTS) is 1. The molecule has 5 heteroatoms. The van der Waals surface area contributed by atoms with Gasteiger partial charge in [0, 0.05) is 5.02 Å². The molecule has 110 valence electrons. The third-order valence-corrected chi connectivity index (χ3v) is 4.07. The molecule has 1 aliphatic carbocycles. The van der Waals surface area contributed by atoms with Crippen molar-refractivity contribution in [1.82, 2.24) is 0 Å². The summed E-state index contributed by atoms with van der Waals surface area (Å²) >= 11 is 5.80. The summed E-state index contributed by atoms with van der Waals surface area (Å²) in [5.41, 5.74) is 0.107. The Kier molecular flexibility index (Phi) is 5.02. The summed E-state index contributed by atoms with van der Waals surface area (Å²) in [5.74, 6) is -1.10. The van der Waals surface area contributed by atoms with Gasteiger partial charge in [0.15, 0.2) is 0 Å². The van der Waals surface area contributed by atoms with Gasteiger partial charge in [-0.05, 0) is 43.4 Å². The van der Waals surface area contributed by atoms with Crippen LogP contribution in [-0.4, -0.2) is 28.4 Å². The van der Waals surface area contributed by atoms with Gasteiger partial charge in [-0.2, -0.15) is 0 Å². The molecular weight excluding hydrogens is 280 g/mol. The van der Waals surface area contributed by atoms with Crippen molar-refractivity contribution in [3.05, 3.63) is 34.9 Å². The summed E-state index contributed by atoms with van der Waals surface area (Å²) in [5, 5.41) is 20.0. The lowest BCUT2D eigenvalue weighted by molar-refractivity contribution is -0.146. The fourth-order valence-corrected chi connectivity index (χ4v) is 2.61. The molecule has 0 saturated heterocycles. The molecule has 0 bridgehead atoms. The van der Waals surface area contributed by atoms with E-state index in [1.807, 2.05) is 12.1 Å². The quantitative estimate of drug-likeness (QED) is 0.877. The van der Waals surface area contributed by atoms with Crippen LogP contribution in [-0.2, 0) is 16.1 Å². The second kappa shape index (κ2) is 6.57. The van der Waals surface area contributed by atoms with E-state index in [1.54, 1.807) is 12.1 Å². The standard InChI is InChI=1S/C15H19ClO4/c16-13-3-1-11(2-4-13)9-20-10-15(19)7-5-12(6-8-15)14(17)18/h1-4,12,19H,5-10H2,(H,17,18). The molecule has 0 aromatic heterocycles. The first-order valence-corrected chi connectivity index (χ1v) is 7.14. The third kappa shape index (κ3) is 4.20. The summed E-state index contributed by atoms with van der Waals surface area (Å²) in [7, 11) is 0. The minimum absolute atomic E-state index is 0.238. The van der Waals surface area contributed by atoms with Crippen molar-refractivity contribution in [2.45, 2.75) is 37.9 Å². The summed E-state index contributed by atoms with van der Waals surface area (Å²) in [6.45, 7) is 0.657. The minimum atomic E-state index is -0.891. The van der Waals surface area contributed by atoms with Crippen LogP contribution in [0.2, 0.25) is 5.02 Å². The summed E-state index contributed by atoms with van der Waals surface area (Å²) in [4.78, 5) is 10.9. The predicted octanol–water partition coefficient (Wildman–Crippen LogP) is 2.86. The molecule has 1 saturated carbocycles. The number of ether oxygens (including phenoxy) is 1. The Morgan fingerprint density at radius 2 is 1.90 bits per heavy atom. The Balaban J connectivity index is 1.76. The zero-order chi connectivity index (χ0) is 14.6. The van der Waals surface area contributed by atoms with E-state index >= 15 is 0 Å². The Morgan fingerprint density at radius 3 is 2.45 bits per heavy atom. The molecule has 4 nitrogen and oxygen atoms in total. The monoisotopic (exact) mass is 298 g/mol. The van der Waals surface area contributed by atoms with Crippen LogP contribution in [0.1, 0.15) is 31.2 Å². The number of halogens is 1. The third-order valence-electron chi connectivity index (χ3n) is 3.82. The maximum Gasteiger partial charge on any atom is 0.306 e. The van der Waals surface area contributed by atoms with Crippen LogP contribution >= 0.6 is 11.6 Å². The molecule has 0 radical (unpaired) electrons. The highest BCUT2D eigenvalue weighted by molar-refractivity contribution is 6.30. The molecule has 2 N–H and O–H groups in total. The van der Waals surface area contributed by atoms with Crippen molar-refractivity contribution >= 4 is 17.6 Å². The Hall–Kier alpha value is -1.10. The highest BCUT2D eigenvalue weighted by atomic mass is 35.5. The van der Waals surface area contributed by atoms with E-state index in [9.17, 15) is 9.90 Å². The molecule has 1 aromatic rings. The number of aliphatic carboxylic acids is 1. The average Bonchev–Trinajstić information content (AvgIpc) is 2.41. The maximum atomic E-state index is 10.9. The maximum absolute atomic E-state index is 10.9. The molecule has 1 fully saturated rings. The van der Waals surface area contributed by atoms with Crippen molar-refractivity contribution < 1.29 is 19.7 Å². The van der Waals surface area contributed by atoms with Crippen LogP contribution in [0.4, 0.5) is 0 Å². The summed E-state index contributed by atoms with van der Waals surface area (Å²) < 4.78 is 5.56. The van der Waals surface area contributed by atoms with E-state index < -0.39 is 11.6 Å². The normalized spacial score (nSPS) is 26.4. The number of hydrogen-bond donors (Lipinski definition) is 2. The molecule has 0 atom stereocenters. The van der Waals surface area contributed by atoms with E-state index in [1.165, 1.54) is 0 Å². The van der Waals surface area contributed by atoms with Crippen molar-refractivity contribution in [2.75, 3.05) is 6.61 Å². The summed E-state index contributed by atoms with van der Waals surface area (Å²) in [6, 6.07) is 7.36. The lowest BCUT2D eigenvalue weighted by atomic mass is 9.79. The van der Waals surface area contributed by atoms with Gasteiger partial charge in [-0.25, -0.2) is 0 Å². The van der Waals surface area contributed by atoms with Crippen molar-refractivity contribution in [3.63, 3.8) is 0 Å². The molecule has 2 rings (SSSR count). The Labute approximate surface area is 123 Å². The first kappa shape index (κ1) is 15.3. The molecule has 1 aromatic carbocycles. The van der Waals surface area contributed by atoms with Gasteiger partial charge in [0.25, 0.3) is 0 Å². The molecule has 0 unspecified atom stereocenters. The van der Waals surface area contributed by atoms with Gasteiger partial charge in [0.2, 0.25) is 0 Å². The largest absolute Gasteiger partial charge is 0.481 e. The van der Waals surface area contributed by atoms with Crippen LogP contribution < -0.4 is 0 Å². The number of rotatable bonds is 5. The molecule has 0 amide bonds. The van der Waals surface area contributed by atoms with Crippen molar-refractivity contribution in [2.24, 2.45) is 5.92 Å². The first-order valence-electron chi connectivity index (χ1n) is 6.76. The number of hydrogen-bond acceptors (Lipinski definition) is 3.